The number of nitrogens with zero attached hydrogens (tertiary/aromatic N) is 3. The SMILES string of the molecule is COC[C@@H]1CN(Cc2cccc3ccccc23)Cc2cncn21. The first-order chi connectivity index (χ1) is 11.3. The summed E-state index contributed by atoms with van der Waals surface area (Å²) >= 11 is 0. The number of methoxy groups -OCH3 is 1. The standard InChI is InChI=1S/C19H21N3O/c1-23-13-18-12-21(11-17-9-20-14-22(17)18)10-16-7-4-6-15-5-2-3-8-19(15)16/h2-9,14,18H,10-13H2,1H3/t18-/m0/s1. The topological polar surface area (TPSA) is 30.3 Å². The van der Waals surface area contributed by atoms with Gasteiger partial charge in [-0.2, -0.15) is 0 Å². The van der Waals surface area contributed by atoms with Gasteiger partial charge in [-0.25, -0.2) is 4.98 Å². The highest BCUT2D eigenvalue weighted by molar-refractivity contribution is 5.85. The Kier molecular flexibility index (Phi) is 3.85. The molecule has 1 aromatic heterocycles. The largest absolute Gasteiger partial charge is 0.382 e. The van der Waals surface area contributed by atoms with Crippen molar-refractivity contribution in [3.63, 3.8) is 0 Å². The van der Waals surface area contributed by atoms with Crippen molar-refractivity contribution in [2.45, 2.75) is 19.1 Å². The van der Waals surface area contributed by atoms with Crippen LogP contribution >= 0.6 is 0 Å². The van der Waals surface area contributed by atoms with E-state index in [1.807, 2.05) is 12.5 Å². The third kappa shape index (κ3) is 2.76. The molecule has 4 rings (SSSR count). The lowest BCUT2D eigenvalue weighted by Crippen LogP contribution is -2.38. The lowest BCUT2D eigenvalue weighted by Gasteiger charge is -2.34. The van der Waals surface area contributed by atoms with Gasteiger partial charge in [0, 0.05) is 32.9 Å². The van der Waals surface area contributed by atoms with E-state index in [2.05, 4.69) is 56.9 Å². The number of aromatic nitrogens is 2. The zero-order valence-electron chi connectivity index (χ0n) is 13.4. The highest BCUT2D eigenvalue weighted by Gasteiger charge is 2.25. The molecule has 0 N–H and O–H groups in total. The zero-order valence-corrected chi connectivity index (χ0v) is 13.4. The number of hydrogen-bond donors (Lipinski definition) is 0. The van der Waals surface area contributed by atoms with E-state index in [0.717, 1.165) is 26.2 Å². The van der Waals surface area contributed by atoms with Gasteiger partial charge in [-0.3, -0.25) is 4.90 Å². The molecule has 0 unspecified atom stereocenters. The second-order valence-electron chi connectivity index (χ2n) is 6.21. The van der Waals surface area contributed by atoms with Crippen molar-refractivity contribution in [3.8, 4) is 0 Å². The molecule has 0 aliphatic carbocycles. The number of benzene rings is 2. The molecule has 118 valence electrons. The maximum absolute atomic E-state index is 5.40. The van der Waals surface area contributed by atoms with E-state index in [0.29, 0.717) is 6.04 Å². The number of hydrogen-bond acceptors (Lipinski definition) is 3. The summed E-state index contributed by atoms with van der Waals surface area (Å²) in [6.07, 6.45) is 3.90. The lowest BCUT2D eigenvalue weighted by molar-refractivity contribution is 0.0985. The van der Waals surface area contributed by atoms with Gasteiger partial charge in [-0.15, -0.1) is 0 Å². The average Bonchev–Trinajstić information content (AvgIpc) is 3.04. The molecule has 0 saturated heterocycles. The first kappa shape index (κ1) is 14.4. The van der Waals surface area contributed by atoms with Crippen LogP contribution < -0.4 is 0 Å². The predicted octanol–water partition coefficient (Wildman–Crippen LogP) is 3.24. The summed E-state index contributed by atoms with van der Waals surface area (Å²) in [5.41, 5.74) is 2.64. The second kappa shape index (κ2) is 6.14. The Labute approximate surface area is 136 Å². The van der Waals surface area contributed by atoms with Gasteiger partial charge in [0.25, 0.3) is 0 Å². The summed E-state index contributed by atoms with van der Waals surface area (Å²) in [5.74, 6) is 0. The highest BCUT2D eigenvalue weighted by Crippen LogP contribution is 2.25. The molecule has 2 heterocycles. The Bertz CT molecular complexity index is 806. The fourth-order valence-electron chi connectivity index (χ4n) is 3.58. The number of rotatable bonds is 4. The molecule has 3 aromatic rings. The molecule has 2 aromatic carbocycles. The second-order valence-corrected chi connectivity index (χ2v) is 6.21. The van der Waals surface area contributed by atoms with Crippen molar-refractivity contribution in [2.75, 3.05) is 20.3 Å². The minimum atomic E-state index is 0.334. The van der Waals surface area contributed by atoms with Crippen molar-refractivity contribution < 1.29 is 4.74 Å². The lowest BCUT2D eigenvalue weighted by atomic mass is 10.0. The van der Waals surface area contributed by atoms with Crippen molar-refractivity contribution in [1.29, 1.82) is 0 Å². The summed E-state index contributed by atoms with van der Waals surface area (Å²) < 4.78 is 7.65. The monoisotopic (exact) mass is 307 g/mol. The van der Waals surface area contributed by atoms with Crippen LogP contribution in [0.2, 0.25) is 0 Å². The zero-order chi connectivity index (χ0) is 15.6. The van der Waals surface area contributed by atoms with Gasteiger partial charge in [0.2, 0.25) is 0 Å². The molecule has 1 atom stereocenters. The molecule has 0 amide bonds. The van der Waals surface area contributed by atoms with Crippen LogP contribution in [-0.2, 0) is 17.8 Å². The first-order valence-corrected chi connectivity index (χ1v) is 8.04. The fraction of sp³-hybridized carbons (Fsp3) is 0.316. The molecule has 1 aliphatic heterocycles. The van der Waals surface area contributed by atoms with Gasteiger partial charge in [0.15, 0.2) is 0 Å². The Hall–Kier alpha value is -2.17. The van der Waals surface area contributed by atoms with Crippen LogP contribution in [0.3, 0.4) is 0 Å². The van der Waals surface area contributed by atoms with Crippen molar-refractivity contribution >= 4 is 10.8 Å². The maximum atomic E-state index is 5.40. The van der Waals surface area contributed by atoms with E-state index in [1.165, 1.54) is 22.0 Å². The third-order valence-electron chi connectivity index (χ3n) is 4.63. The molecule has 23 heavy (non-hydrogen) atoms. The van der Waals surface area contributed by atoms with Crippen LogP contribution in [0.15, 0.2) is 55.0 Å². The Morgan fingerprint density at radius 2 is 2.04 bits per heavy atom. The van der Waals surface area contributed by atoms with Crippen LogP contribution in [0.25, 0.3) is 10.8 Å². The summed E-state index contributed by atoms with van der Waals surface area (Å²) in [7, 11) is 1.76. The Balaban J connectivity index is 1.62. The molecule has 0 saturated carbocycles. The normalized spacial score (nSPS) is 18.2. The quantitative estimate of drug-likeness (QED) is 0.741. The Morgan fingerprint density at radius 1 is 1.17 bits per heavy atom. The molecule has 4 nitrogen and oxygen atoms in total. The van der Waals surface area contributed by atoms with Crippen molar-refractivity contribution in [3.05, 3.63) is 66.2 Å². The molecule has 1 aliphatic rings. The van der Waals surface area contributed by atoms with Gasteiger partial charge in [0.1, 0.15) is 0 Å². The Morgan fingerprint density at radius 3 is 2.96 bits per heavy atom. The fourth-order valence-corrected chi connectivity index (χ4v) is 3.58. The van der Waals surface area contributed by atoms with E-state index in [4.69, 9.17) is 4.74 Å². The molecule has 0 fully saturated rings. The van der Waals surface area contributed by atoms with Gasteiger partial charge in [-0.05, 0) is 16.3 Å². The van der Waals surface area contributed by atoms with Crippen molar-refractivity contribution in [1.82, 2.24) is 14.5 Å². The minimum Gasteiger partial charge on any atom is -0.382 e. The summed E-state index contributed by atoms with van der Waals surface area (Å²) in [4.78, 5) is 6.80. The van der Waals surface area contributed by atoms with Gasteiger partial charge < -0.3 is 9.30 Å². The molecule has 0 bridgehead atoms. The van der Waals surface area contributed by atoms with Crippen molar-refractivity contribution in [2.24, 2.45) is 0 Å². The van der Waals surface area contributed by atoms with E-state index >= 15 is 0 Å². The summed E-state index contributed by atoms with van der Waals surface area (Å²) in [6.45, 7) is 3.59. The summed E-state index contributed by atoms with van der Waals surface area (Å²) in [6, 6.07) is 15.5. The molecule has 0 spiro atoms. The van der Waals surface area contributed by atoms with E-state index in [-0.39, 0.29) is 0 Å². The molecular formula is C19H21N3O. The molecule has 0 radical (unpaired) electrons. The average molecular weight is 307 g/mol. The van der Waals surface area contributed by atoms with Crippen LogP contribution in [0, 0.1) is 0 Å². The van der Waals surface area contributed by atoms with Crippen LogP contribution in [-0.4, -0.2) is 34.7 Å². The maximum Gasteiger partial charge on any atom is 0.0952 e. The number of imidazole rings is 1. The predicted molar refractivity (Wildman–Crippen MR) is 91.2 cm³/mol. The van der Waals surface area contributed by atoms with Crippen LogP contribution in [0.4, 0.5) is 0 Å². The first-order valence-electron chi connectivity index (χ1n) is 8.04. The van der Waals surface area contributed by atoms with Gasteiger partial charge in [0.05, 0.1) is 24.7 Å². The van der Waals surface area contributed by atoms with E-state index < -0.39 is 0 Å². The molecular weight excluding hydrogens is 286 g/mol. The summed E-state index contributed by atoms with van der Waals surface area (Å²) in [5, 5.41) is 2.65. The van der Waals surface area contributed by atoms with E-state index in [1.54, 1.807) is 7.11 Å². The highest BCUT2D eigenvalue weighted by atomic mass is 16.5. The van der Waals surface area contributed by atoms with Crippen LogP contribution in [0.5, 0.6) is 0 Å². The minimum absolute atomic E-state index is 0.334. The van der Waals surface area contributed by atoms with Gasteiger partial charge >= 0.3 is 0 Å². The number of fused-ring (bicyclic) bond motifs is 2. The van der Waals surface area contributed by atoms with Crippen LogP contribution in [0.1, 0.15) is 17.3 Å². The number of ether oxygens (including phenoxy) is 1. The van der Waals surface area contributed by atoms with E-state index in [9.17, 15) is 0 Å². The molecule has 4 heteroatoms. The third-order valence-corrected chi connectivity index (χ3v) is 4.63. The van der Waals surface area contributed by atoms with Gasteiger partial charge in [-0.1, -0.05) is 42.5 Å². The smallest absolute Gasteiger partial charge is 0.0952 e.